The van der Waals surface area contributed by atoms with E-state index < -0.39 is 11.3 Å². The number of rotatable bonds is 8. The van der Waals surface area contributed by atoms with Crippen LogP contribution in [0.4, 0.5) is 0 Å². The van der Waals surface area contributed by atoms with Crippen molar-refractivity contribution in [2.24, 2.45) is 17.3 Å². The first kappa shape index (κ1) is 22.6. The van der Waals surface area contributed by atoms with Crippen LogP contribution in [0, 0.1) is 17.3 Å². The third-order valence-corrected chi connectivity index (χ3v) is 7.20. The summed E-state index contributed by atoms with van der Waals surface area (Å²) in [5, 5.41) is 3.05. The van der Waals surface area contributed by atoms with E-state index in [2.05, 4.69) is 5.32 Å². The van der Waals surface area contributed by atoms with Crippen LogP contribution in [0.3, 0.4) is 0 Å². The molecule has 1 N–H and O–H groups in total. The number of nitrogens with zero attached hydrogens (tertiary/aromatic N) is 1. The molecule has 0 aromatic carbocycles. The normalized spacial score (nSPS) is 25.9. The van der Waals surface area contributed by atoms with Crippen molar-refractivity contribution < 1.29 is 23.5 Å². The van der Waals surface area contributed by atoms with Crippen LogP contribution in [0.1, 0.15) is 70.5 Å². The van der Waals surface area contributed by atoms with Crippen molar-refractivity contribution in [1.29, 1.82) is 0 Å². The average molecular weight is 443 g/mol. The molecule has 3 aliphatic rings. The Bertz CT molecular complexity index is 856. The summed E-state index contributed by atoms with van der Waals surface area (Å²) in [6.07, 6.45) is 11.3. The summed E-state index contributed by atoms with van der Waals surface area (Å²) in [6, 6.07) is 3.59. The minimum atomic E-state index is -0.870. The number of nitrogens with one attached hydrogen (secondary N) is 1. The molecule has 7 heteroatoms. The van der Waals surface area contributed by atoms with E-state index in [-0.39, 0.29) is 37.4 Å². The number of allylic oxidation sites excluding steroid dienone is 1. The van der Waals surface area contributed by atoms with Gasteiger partial charge < -0.3 is 19.4 Å². The van der Waals surface area contributed by atoms with Gasteiger partial charge in [0, 0.05) is 24.6 Å². The first-order valence-corrected chi connectivity index (χ1v) is 12.0. The summed E-state index contributed by atoms with van der Waals surface area (Å²) in [5.74, 6) is 0.0784. The van der Waals surface area contributed by atoms with E-state index >= 15 is 0 Å². The van der Waals surface area contributed by atoms with Gasteiger partial charge in [-0.05, 0) is 57.1 Å². The average Bonchev–Trinajstić information content (AvgIpc) is 3.46. The third kappa shape index (κ3) is 4.62. The third-order valence-electron chi connectivity index (χ3n) is 7.20. The molecule has 2 heterocycles. The van der Waals surface area contributed by atoms with Gasteiger partial charge in [-0.2, -0.15) is 0 Å². The van der Waals surface area contributed by atoms with Gasteiger partial charge in [-0.3, -0.25) is 14.4 Å². The maximum Gasteiger partial charge on any atom is 0.318 e. The fraction of sp³-hybridized carbons (Fsp3) is 0.640. The molecule has 7 nitrogen and oxygen atoms in total. The predicted molar refractivity (Wildman–Crippen MR) is 118 cm³/mol. The van der Waals surface area contributed by atoms with E-state index in [1.54, 1.807) is 24.2 Å². The van der Waals surface area contributed by atoms with Crippen LogP contribution >= 0.6 is 0 Å². The SMILES string of the molecule is CCOC(=O)[C@]12CCC=C1N(Cc1ccco1)C(=O)[C@H](CC(=O)NCC1CCCCC1)C2. The van der Waals surface area contributed by atoms with Crippen LogP contribution in [0.25, 0.3) is 0 Å². The number of ether oxygens (including phenoxy) is 1. The lowest BCUT2D eigenvalue weighted by Gasteiger charge is -2.43. The standard InChI is InChI=1S/C25H34N2O5/c1-2-31-24(30)25-12-6-11-21(25)27(17-20-10-7-13-32-20)23(29)19(15-25)14-22(28)26-16-18-8-4-3-5-9-18/h7,10-11,13,18-19H,2-6,8-9,12,14-17H2,1H3,(H,26,28)/t19-,25+/m1/s1. The van der Waals surface area contributed by atoms with E-state index in [0.717, 1.165) is 12.8 Å². The zero-order valence-electron chi connectivity index (χ0n) is 18.9. The number of piperidine rings is 1. The molecular formula is C25H34N2O5. The monoisotopic (exact) mass is 442 g/mol. The molecule has 1 aromatic heterocycles. The van der Waals surface area contributed by atoms with Gasteiger partial charge in [-0.25, -0.2) is 0 Å². The van der Waals surface area contributed by atoms with Crippen molar-refractivity contribution in [2.75, 3.05) is 13.2 Å². The maximum atomic E-state index is 13.5. The molecule has 32 heavy (non-hydrogen) atoms. The highest BCUT2D eigenvalue weighted by Gasteiger charge is 2.55. The van der Waals surface area contributed by atoms with Gasteiger partial charge in [0.2, 0.25) is 11.8 Å². The van der Waals surface area contributed by atoms with Gasteiger partial charge in [0.05, 0.1) is 19.4 Å². The molecule has 1 aromatic rings. The molecule has 0 unspecified atom stereocenters. The maximum absolute atomic E-state index is 13.5. The van der Waals surface area contributed by atoms with Crippen LogP contribution in [-0.2, 0) is 25.7 Å². The summed E-state index contributed by atoms with van der Waals surface area (Å²) in [5.41, 5.74) is -0.165. The highest BCUT2D eigenvalue weighted by Crippen LogP contribution is 2.51. The van der Waals surface area contributed by atoms with Crippen molar-refractivity contribution in [3.63, 3.8) is 0 Å². The summed E-state index contributed by atoms with van der Waals surface area (Å²) in [4.78, 5) is 41.0. The minimum Gasteiger partial charge on any atom is -0.467 e. The molecule has 2 atom stereocenters. The lowest BCUT2D eigenvalue weighted by Crippen LogP contribution is -2.52. The first-order chi connectivity index (χ1) is 15.5. The van der Waals surface area contributed by atoms with Crippen molar-refractivity contribution in [2.45, 2.75) is 71.3 Å². The number of carbonyl (C=O) groups excluding carboxylic acids is 3. The van der Waals surface area contributed by atoms with Crippen LogP contribution in [0.15, 0.2) is 34.6 Å². The number of amides is 2. The molecule has 2 fully saturated rings. The second-order valence-electron chi connectivity index (χ2n) is 9.35. The number of hydrogen-bond donors (Lipinski definition) is 1. The van der Waals surface area contributed by atoms with E-state index in [0.29, 0.717) is 43.2 Å². The number of furan rings is 1. The van der Waals surface area contributed by atoms with Crippen molar-refractivity contribution in [3.8, 4) is 0 Å². The van der Waals surface area contributed by atoms with E-state index in [1.165, 1.54) is 19.3 Å². The molecule has 0 spiro atoms. The van der Waals surface area contributed by atoms with Crippen molar-refractivity contribution >= 4 is 17.8 Å². The van der Waals surface area contributed by atoms with Gasteiger partial charge >= 0.3 is 5.97 Å². The molecule has 1 aliphatic heterocycles. The Labute approximate surface area is 189 Å². The second-order valence-corrected chi connectivity index (χ2v) is 9.35. The smallest absolute Gasteiger partial charge is 0.318 e. The van der Waals surface area contributed by atoms with E-state index in [1.807, 2.05) is 12.1 Å². The van der Waals surface area contributed by atoms with Gasteiger partial charge in [0.1, 0.15) is 11.2 Å². The molecule has 2 amide bonds. The lowest BCUT2D eigenvalue weighted by molar-refractivity contribution is -0.161. The zero-order chi connectivity index (χ0) is 22.6. The number of fused-ring (bicyclic) bond motifs is 1. The van der Waals surface area contributed by atoms with Gasteiger partial charge in [0.25, 0.3) is 0 Å². The zero-order valence-corrected chi connectivity index (χ0v) is 18.9. The minimum absolute atomic E-state index is 0.0919. The lowest BCUT2D eigenvalue weighted by atomic mass is 9.71. The molecule has 0 bridgehead atoms. The molecule has 0 radical (unpaired) electrons. The number of hydrogen-bond acceptors (Lipinski definition) is 5. The van der Waals surface area contributed by atoms with Gasteiger partial charge in [-0.1, -0.05) is 25.3 Å². The van der Waals surface area contributed by atoms with Crippen LogP contribution in [-0.4, -0.2) is 35.8 Å². The Morgan fingerprint density at radius 3 is 2.81 bits per heavy atom. The highest BCUT2D eigenvalue weighted by atomic mass is 16.5. The Morgan fingerprint density at radius 1 is 1.28 bits per heavy atom. The molecule has 1 saturated heterocycles. The van der Waals surface area contributed by atoms with E-state index in [4.69, 9.17) is 9.15 Å². The summed E-state index contributed by atoms with van der Waals surface area (Å²) in [7, 11) is 0. The number of likely N-dealkylation sites (tertiary alicyclic amines) is 1. The van der Waals surface area contributed by atoms with Crippen molar-refractivity contribution in [1.82, 2.24) is 10.2 Å². The Morgan fingerprint density at radius 2 is 2.09 bits per heavy atom. The Kier molecular flexibility index (Phi) is 7.01. The first-order valence-electron chi connectivity index (χ1n) is 12.0. The van der Waals surface area contributed by atoms with E-state index in [9.17, 15) is 14.4 Å². The molecular weight excluding hydrogens is 408 g/mol. The molecule has 1 saturated carbocycles. The Balaban J connectivity index is 1.50. The molecule has 174 valence electrons. The predicted octanol–water partition coefficient (Wildman–Crippen LogP) is 3.94. The summed E-state index contributed by atoms with van der Waals surface area (Å²) >= 11 is 0. The van der Waals surface area contributed by atoms with Crippen LogP contribution in [0.5, 0.6) is 0 Å². The molecule has 2 aliphatic carbocycles. The summed E-state index contributed by atoms with van der Waals surface area (Å²) < 4.78 is 10.9. The fourth-order valence-corrected chi connectivity index (χ4v) is 5.59. The highest BCUT2D eigenvalue weighted by molar-refractivity contribution is 5.92. The number of esters is 1. The van der Waals surface area contributed by atoms with Crippen LogP contribution < -0.4 is 5.32 Å². The molecule has 4 rings (SSSR count). The number of carbonyl (C=O) groups is 3. The Hall–Kier alpha value is -2.57. The van der Waals surface area contributed by atoms with Gasteiger partial charge in [-0.15, -0.1) is 0 Å². The van der Waals surface area contributed by atoms with Crippen LogP contribution in [0.2, 0.25) is 0 Å². The van der Waals surface area contributed by atoms with Crippen molar-refractivity contribution in [3.05, 3.63) is 35.9 Å². The summed E-state index contributed by atoms with van der Waals surface area (Å²) in [6.45, 7) is 2.99. The second kappa shape index (κ2) is 9.92. The van der Waals surface area contributed by atoms with Gasteiger partial charge in [0.15, 0.2) is 0 Å². The largest absolute Gasteiger partial charge is 0.467 e. The fourth-order valence-electron chi connectivity index (χ4n) is 5.59. The quantitative estimate of drug-likeness (QED) is 0.616. The topological polar surface area (TPSA) is 88.8 Å².